The minimum absolute atomic E-state index is 0. The van der Waals surface area contributed by atoms with Crippen LogP contribution < -0.4 is 11.1 Å². The number of methoxy groups -OCH3 is 1. The van der Waals surface area contributed by atoms with Crippen molar-refractivity contribution in [2.24, 2.45) is 11.1 Å². The van der Waals surface area contributed by atoms with Gasteiger partial charge in [-0.2, -0.15) is 0 Å². The topological polar surface area (TPSA) is 73.6 Å². The van der Waals surface area contributed by atoms with E-state index in [2.05, 4.69) is 19.2 Å². The third-order valence-electron chi connectivity index (χ3n) is 4.60. The predicted octanol–water partition coefficient (Wildman–Crippen LogP) is 0.846. The summed E-state index contributed by atoms with van der Waals surface area (Å²) >= 11 is 0. The van der Waals surface area contributed by atoms with E-state index >= 15 is 0 Å². The van der Waals surface area contributed by atoms with Crippen LogP contribution in [0.25, 0.3) is 0 Å². The Hall–Kier alpha value is -0.360. The molecule has 1 amide bonds. The van der Waals surface area contributed by atoms with Crippen LogP contribution in [0, 0.1) is 5.41 Å². The second-order valence-electron chi connectivity index (χ2n) is 6.08. The quantitative estimate of drug-likeness (QED) is 0.809. The van der Waals surface area contributed by atoms with E-state index in [4.69, 9.17) is 15.2 Å². The van der Waals surface area contributed by atoms with Gasteiger partial charge in [0.25, 0.3) is 0 Å². The molecule has 1 saturated heterocycles. The first-order valence-electron chi connectivity index (χ1n) is 6.60. The second kappa shape index (κ2) is 5.95. The van der Waals surface area contributed by atoms with Crippen LogP contribution in [0.3, 0.4) is 0 Å². The van der Waals surface area contributed by atoms with Crippen LogP contribution in [-0.2, 0) is 14.3 Å². The number of hydrogen-bond acceptors (Lipinski definition) is 4. The lowest BCUT2D eigenvalue weighted by atomic mass is 9.64. The molecule has 1 saturated carbocycles. The van der Waals surface area contributed by atoms with Gasteiger partial charge in [-0.3, -0.25) is 4.79 Å². The van der Waals surface area contributed by atoms with Gasteiger partial charge in [0.15, 0.2) is 0 Å². The largest absolute Gasteiger partial charge is 0.381 e. The van der Waals surface area contributed by atoms with Crippen LogP contribution in [0.2, 0.25) is 0 Å². The molecule has 0 spiro atoms. The van der Waals surface area contributed by atoms with Crippen LogP contribution >= 0.6 is 12.4 Å². The zero-order valence-corrected chi connectivity index (χ0v) is 12.7. The Morgan fingerprint density at radius 3 is 2.42 bits per heavy atom. The van der Waals surface area contributed by atoms with Crippen molar-refractivity contribution >= 4 is 18.3 Å². The van der Waals surface area contributed by atoms with Crippen molar-refractivity contribution in [2.75, 3.05) is 20.3 Å². The van der Waals surface area contributed by atoms with Crippen LogP contribution in [0.5, 0.6) is 0 Å². The van der Waals surface area contributed by atoms with Crippen molar-refractivity contribution in [2.45, 2.75) is 50.8 Å². The number of carbonyl (C=O) groups is 1. The van der Waals surface area contributed by atoms with Gasteiger partial charge in [0.1, 0.15) is 0 Å². The van der Waals surface area contributed by atoms with Crippen molar-refractivity contribution < 1.29 is 14.3 Å². The van der Waals surface area contributed by atoms with E-state index in [-0.39, 0.29) is 35.9 Å². The summed E-state index contributed by atoms with van der Waals surface area (Å²) in [5.74, 6) is -0.0431. The summed E-state index contributed by atoms with van der Waals surface area (Å²) in [6, 6.07) is 0.151. The first-order chi connectivity index (χ1) is 8.40. The summed E-state index contributed by atoms with van der Waals surface area (Å²) in [4.78, 5) is 12.3. The predicted molar refractivity (Wildman–Crippen MR) is 75.3 cm³/mol. The van der Waals surface area contributed by atoms with Gasteiger partial charge in [0.2, 0.25) is 5.91 Å². The van der Waals surface area contributed by atoms with Crippen molar-refractivity contribution in [3.05, 3.63) is 0 Å². The molecule has 112 valence electrons. The van der Waals surface area contributed by atoms with E-state index < -0.39 is 5.54 Å². The molecule has 0 aromatic heterocycles. The van der Waals surface area contributed by atoms with Gasteiger partial charge in [0, 0.05) is 31.8 Å². The molecular formula is C13H25ClN2O3. The fraction of sp³-hybridized carbons (Fsp3) is 0.923. The lowest BCUT2D eigenvalue weighted by Crippen LogP contribution is -2.66. The maximum absolute atomic E-state index is 12.3. The third kappa shape index (κ3) is 3.05. The zero-order chi connectivity index (χ0) is 13.4. The number of nitrogens with one attached hydrogen (secondary N) is 1. The number of ether oxygens (including phenoxy) is 2. The van der Waals surface area contributed by atoms with Crippen molar-refractivity contribution in [1.29, 1.82) is 0 Å². The Morgan fingerprint density at radius 2 is 1.95 bits per heavy atom. The molecule has 1 heterocycles. The molecule has 2 fully saturated rings. The fourth-order valence-corrected chi connectivity index (χ4v) is 2.80. The highest BCUT2D eigenvalue weighted by atomic mass is 35.5. The molecule has 1 aliphatic heterocycles. The Labute approximate surface area is 121 Å². The molecule has 0 aromatic carbocycles. The minimum Gasteiger partial charge on any atom is -0.381 e. The van der Waals surface area contributed by atoms with Crippen LogP contribution in [0.4, 0.5) is 0 Å². The minimum atomic E-state index is -0.757. The number of halogens is 1. The summed E-state index contributed by atoms with van der Waals surface area (Å²) in [6.45, 7) is 5.36. The van der Waals surface area contributed by atoms with Gasteiger partial charge >= 0.3 is 0 Å². The van der Waals surface area contributed by atoms with Gasteiger partial charge in [-0.05, 0) is 19.3 Å². The summed E-state index contributed by atoms with van der Waals surface area (Å²) in [7, 11) is 1.72. The molecular weight excluding hydrogens is 268 g/mol. The summed E-state index contributed by atoms with van der Waals surface area (Å²) in [5, 5.41) is 3.08. The highest BCUT2D eigenvalue weighted by Crippen LogP contribution is 2.42. The molecule has 2 unspecified atom stereocenters. The lowest BCUT2D eigenvalue weighted by Gasteiger charge is -2.52. The Morgan fingerprint density at radius 1 is 1.37 bits per heavy atom. The van der Waals surface area contributed by atoms with Gasteiger partial charge in [-0.1, -0.05) is 13.8 Å². The van der Waals surface area contributed by atoms with Crippen molar-refractivity contribution in [3.63, 3.8) is 0 Å². The second-order valence-corrected chi connectivity index (χ2v) is 6.08. The zero-order valence-electron chi connectivity index (χ0n) is 11.9. The standard InChI is InChI=1S/C13H24N2O3.ClH/c1-12(2)9(8-10(12)17-3)15-11(16)13(14)4-6-18-7-5-13;/h9-10H,4-8,14H2,1-3H3,(H,15,16);1H. The van der Waals surface area contributed by atoms with E-state index in [1.807, 2.05) is 0 Å². The van der Waals surface area contributed by atoms with Crippen LogP contribution in [0.15, 0.2) is 0 Å². The maximum atomic E-state index is 12.3. The number of rotatable bonds is 3. The molecule has 3 N–H and O–H groups in total. The fourth-order valence-electron chi connectivity index (χ4n) is 2.80. The Kier molecular flexibility index (Phi) is 5.23. The molecule has 0 radical (unpaired) electrons. The third-order valence-corrected chi connectivity index (χ3v) is 4.60. The van der Waals surface area contributed by atoms with Crippen molar-refractivity contribution in [3.8, 4) is 0 Å². The molecule has 0 bridgehead atoms. The highest BCUT2D eigenvalue weighted by Gasteiger charge is 2.50. The monoisotopic (exact) mass is 292 g/mol. The van der Waals surface area contributed by atoms with Crippen LogP contribution in [0.1, 0.15) is 33.1 Å². The molecule has 1 aliphatic carbocycles. The van der Waals surface area contributed by atoms with E-state index in [1.165, 1.54) is 0 Å². The van der Waals surface area contributed by atoms with Gasteiger partial charge in [-0.15, -0.1) is 12.4 Å². The van der Waals surface area contributed by atoms with E-state index in [0.717, 1.165) is 6.42 Å². The molecule has 2 rings (SSSR count). The Bertz CT molecular complexity index is 330. The Balaban J connectivity index is 0.00000180. The normalized spacial score (nSPS) is 31.8. The molecule has 5 nitrogen and oxygen atoms in total. The first kappa shape index (κ1) is 16.7. The van der Waals surface area contributed by atoms with Crippen molar-refractivity contribution in [1.82, 2.24) is 5.32 Å². The molecule has 2 atom stereocenters. The van der Waals surface area contributed by atoms with E-state index in [0.29, 0.717) is 26.1 Å². The highest BCUT2D eigenvalue weighted by molar-refractivity contribution is 5.86. The van der Waals surface area contributed by atoms with Gasteiger partial charge < -0.3 is 20.5 Å². The van der Waals surface area contributed by atoms with E-state index in [1.54, 1.807) is 7.11 Å². The number of nitrogens with two attached hydrogens (primary N) is 1. The number of carbonyl (C=O) groups excluding carboxylic acids is 1. The number of amides is 1. The molecule has 2 aliphatic rings. The maximum Gasteiger partial charge on any atom is 0.240 e. The van der Waals surface area contributed by atoms with E-state index in [9.17, 15) is 4.79 Å². The molecule has 19 heavy (non-hydrogen) atoms. The average molecular weight is 293 g/mol. The lowest BCUT2D eigenvalue weighted by molar-refractivity contribution is -0.140. The summed E-state index contributed by atoms with van der Waals surface area (Å²) < 4.78 is 10.6. The smallest absolute Gasteiger partial charge is 0.240 e. The SMILES string of the molecule is COC1CC(NC(=O)C2(N)CCOCC2)C1(C)C.Cl. The molecule has 6 heteroatoms. The summed E-state index contributed by atoms with van der Waals surface area (Å²) in [6.07, 6.45) is 2.27. The average Bonchev–Trinajstić information content (AvgIpc) is 2.34. The summed E-state index contributed by atoms with van der Waals surface area (Å²) in [5.41, 5.74) is 5.38. The van der Waals surface area contributed by atoms with Crippen LogP contribution in [-0.4, -0.2) is 43.9 Å². The van der Waals surface area contributed by atoms with Gasteiger partial charge in [-0.25, -0.2) is 0 Å². The molecule has 0 aromatic rings. The number of hydrogen-bond donors (Lipinski definition) is 2. The first-order valence-corrected chi connectivity index (χ1v) is 6.60. The van der Waals surface area contributed by atoms with Gasteiger partial charge in [0.05, 0.1) is 11.6 Å².